The lowest BCUT2D eigenvalue weighted by molar-refractivity contribution is -0.135. The molecule has 0 aromatic rings. The van der Waals surface area contributed by atoms with Crippen molar-refractivity contribution in [3.63, 3.8) is 0 Å². The maximum absolute atomic E-state index is 12.1. The maximum atomic E-state index is 12.1. The predicted molar refractivity (Wildman–Crippen MR) is 65.9 cm³/mol. The fourth-order valence-corrected chi connectivity index (χ4v) is 2.87. The maximum Gasteiger partial charge on any atom is 0.240 e. The Morgan fingerprint density at radius 1 is 1.53 bits per heavy atom. The molecule has 1 heterocycles. The number of amides is 1. The standard InChI is InChI=1S/C11H22N2OS/c1-11(2,3)9(12)10(14)13(4)8-5-6-15-7-8/h8-9H,5-7,12H2,1-4H3. The summed E-state index contributed by atoms with van der Waals surface area (Å²) in [5.41, 5.74) is 5.81. The summed E-state index contributed by atoms with van der Waals surface area (Å²) in [6.07, 6.45) is 1.10. The van der Waals surface area contributed by atoms with Gasteiger partial charge in [-0.3, -0.25) is 4.79 Å². The number of likely N-dealkylation sites (N-methyl/N-ethyl adjacent to an activating group) is 1. The predicted octanol–water partition coefficient (Wildman–Crippen LogP) is 1.32. The zero-order valence-electron chi connectivity index (χ0n) is 10.1. The molecule has 0 spiro atoms. The van der Waals surface area contributed by atoms with Crippen LogP contribution in [0.1, 0.15) is 27.2 Å². The van der Waals surface area contributed by atoms with Gasteiger partial charge in [0.2, 0.25) is 5.91 Å². The van der Waals surface area contributed by atoms with E-state index >= 15 is 0 Å². The number of carbonyl (C=O) groups is 1. The van der Waals surface area contributed by atoms with Gasteiger partial charge in [-0.1, -0.05) is 20.8 Å². The smallest absolute Gasteiger partial charge is 0.240 e. The Labute approximate surface area is 96.8 Å². The number of nitrogens with zero attached hydrogens (tertiary/aromatic N) is 1. The second-order valence-corrected chi connectivity index (χ2v) is 6.46. The lowest BCUT2D eigenvalue weighted by Crippen LogP contribution is -2.52. The third-order valence-electron chi connectivity index (χ3n) is 3.00. The zero-order chi connectivity index (χ0) is 11.6. The average Bonchev–Trinajstić information content (AvgIpc) is 2.65. The van der Waals surface area contributed by atoms with E-state index in [1.54, 1.807) is 0 Å². The van der Waals surface area contributed by atoms with Gasteiger partial charge < -0.3 is 10.6 Å². The molecule has 2 atom stereocenters. The fourth-order valence-electron chi connectivity index (χ4n) is 1.60. The van der Waals surface area contributed by atoms with Gasteiger partial charge in [0.05, 0.1) is 6.04 Å². The minimum atomic E-state index is -0.395. The number of hydrogen-bond donors (Lipinski definition) is 1. The molecule has 2 unspecified atom stereocenters. The lowest BCUT2D eigenvalue weighted by atomic mass is 9.86. The van der Waals surface area contributed by atoms with Crippen LogP contribution in [0.5, 0.6) is 0 Å². The van der Waals surface area contributed by atoms with Crippen LogP contribution in [0.4, 0.5) is 0 Å². The van der Waals surface area contributed by atoms with Crippen LogP contribution in [0.25, 0.3) is 0 Å². The third-order valence-corrected chi connectivity index (χ3v) is 4.14. The molecule has 1 aliphatic heterocycles. The number of thioether (sulfide) groups is 1. The minimum absolute atomic E-state index is 0.0787. The van der Waals surface area contributed by atoms with E-state index in [4.69, 9.17) is 5.73 Å². The van der Waals surface area contributed by atoms with Crippen molar-refractivity contribution in [2.45, 2.75) is 39.3 Å². The molecule has 0 radical (unpaired) electrons. The van der Waals surface area contributed by atoms with Gasteiger partial charge in [0.25, 0.3) is 0 Å². The van der Waals surface area contributed by atoms with Gasteiger partial charge in [-0.25, -0.2) is 0 Å². The van der Waals surface area contributed by atoms with Crippen molar-refractivity contribution in [3.8, 4) is 0 Å². The molecule has 0 aromatic carbocycles. The van der Waals surface area contributed by atoms with Crippen molar-refractivity contribution in [1.29, 1.82) is 0 Å². The molecule has 0 aromatic heterocycles. The van der Waals surface area contributed by atoms with E-state index in [0.717, 1.165) is 17.9 Å². The molecule has 2 N–H and O–H groups in total. The highest BCUT2D eigenvalue weighted by Crippen LogP contribution is 2.24. The van der Waals surface area contributed by atoms with Crippen LogP contribution in [0.2, 0.25) is 0 Å². The van der Waals surface area contributed by atoms with Gasteiger partial charge in [0.1, 0.15) is 0 Å². The van der Waals surface area contributed by atoms with E-state index < -0.39 is 6.04 Å². The van der Waals surface area contributed by atoms with Crippen molar-refractivity contribution in [3.05, 3.63) is 0 Å². The van der Waals surface area contributed by atoms with Crippen molar-refractivity contribution in [2.75, 3.05) is 18.6 Å². The third kappa shape index (κ3) is 3.11. The van der Waals surface area contributed by atoms with Gasteiger partial charge in [0.15, 0.2) is 0 Å². The topological polar surface area (TPSA) is 46.3 Å². The van der Waals surface area contributed by atoms with Crippen molar-refractivity contribution < 1.29 is 4.79 Å². The summed E-state index contributed by atoms with van der Waals surface area (Å²) >= 11 is 1.91. The Morgan fingerprint density at radius 2 is 2.13 bits per heavy atom. The molecule has 0 aliphatic carbocycles. The Balaban J connectivity index is 2.59. The first-order valence-electron chi connectivity index (χ1n) is 5.44. The number of hydrogen-bond acceptors (Lipinski definition) is 3. The molecule has 0 saturated carbocycles. The molecule has 88 valence electrons. The van der Waals surface area contributed by atoms with Crippen LogP contribution in [-0.4, -0.2) is 41.4 Å². The van der Waals surface area contributed by atoms with Crippen LogP contribution in [0.15, 0.2) is 0 Å². The van der Waals surface area contributed by atoms with Gasteiger partial charge in [0, 0.05) is 18.8 Å². The SMILES string of the molecule is CN(C(=O)C(N)C(C)(C)C)C1CCSC1. The van der Waals surface area contributed by atoms with Crippen LogP contribution < -0.4 is 5.73 Å². The molecule has 1 aliphatic rings. The molecular formula is C11H22N2OS. The summed E-state index contributed by atoms with van der Waals surface area (Å²) in [6, 6.07) is -0.0102. The summed E-state index contributed by atoms with van der Waals surface area (Å²) in [4.78, 5) is 13.9. The molecule has 1 saturated heterocycles. The summed E-state index contributed by atoms with van der Waals surface area (Å²) < 4.78 is 0. The average molecular weight is 230 g/mol. The van der Waals surface area contributed by atoms with Gasteiger partial charge in [-0.05, 0) is 17.6 Å². The van der Waals surface area contributed by atoms with E-state index in [1.165, 1.54) is 0 Å². The lowest BCUT2D eigenvalue weighted by Gasteiger charge is -2.32. The molecular weight excluding hydrogens is 208 g/mol. The second-order valence-electron chi connectivity index (χ2n) is 5.31. The van der Waals surface area contributed by atoms with E-state index in [-0.39, 0.29) is 11.3 Å². The summed E-state index contributed by atoms with van der Waals surface area (Å²) in [5.74, 6) is 2.29. The Morgan fingerprint density at radius 3 is 2.53 bits per heavy atom. The fraction of sp³-hybridized carbons (Fsp3) is 0.909. The number of carbonyl (C=O) groups excluding carboxylic acids is 1. The molecule has 1 rings (SSSR count). The van der Waals surface area contributed by atoms with E-state index in [9.17, 15) is 4.79 Å². The summed E-state index contributed by atoms with van der Waals surface area (Å²) in [7, 11) is 1.88. The molecule has 1 fully saturated rings. The second kappa shape index (κ2) is 4.74. The highest BCUT2D eigenvalue weighted by Gasteiger charge is 2.33. The quantitative estimate of drug-likeness (QED) is 0.778. The highest BCUT2D eigenvalue weighted by atomic mass is 32.2. The number of nitrogens with two attached hydrogens (primary N) is 1. The van der Waals surface area contributed by atoms with Crippen molar-refractivity contribution in [1.82, 2.24) is 4.90 Å². The largest absolute Gasteiger partial charge is 0.341 e. The van der Waals surface area contributed by atoms with Crippen molar-refractivity contribution >= 4 is 17.7 Å². The van der Waals surface area contributed by atoms with Crippen LogP contribution in [-0.2, 0) is 4.79 Å². The Hall–Kier alpha value is -0.220. The molecule has 3 nitrogen and oxygen atoms in total. The van der Waals surface area contributed by atoms with E-state index in [0.29, 0.717) is 6.04 Å². The first-order valence-corrected chi connectivity index (χ1v) is 6.59. The zero-order valence-corrected chi connectivity index (χ0v) is 10.9. The van der Waals surface area contributed by atoms with Crippen LogP contribution in [0, 0.1) is 5.41 Å². The van der Waals surface area contributed by atoms with E-state index in [1.807, 2.05) is 44.5 Å². The molecule has 0 bridgehead atoms. The van der Waals surface area contributed by atoms with Crippen LogP contribution in [0.3, 0.4) is 0 Å². The monoisotopic (exact) mass is 230 g/mol. The summed E-state index contributed by atoms with van der Waals surface area (Å²) in [6.45, 7) is 6.02. The first-order chi connectivity index (χ1) is 6.84. The van der Waals surface area contributed by atoms with Gasteiger partial charge in [-0.2, -0.15) is 11.8 Å². The highest BCUT2D eigenvalue weighted by molar-refractivity contribution is 7.99. The normalized spacial score (nSPS) is 23.9. The molecule has 1 amide bonds. The van der Waals surface area contributed by atoms with Crippen LogP contribution >= 0.6 is 11.8 Å². The van der Waals surface area contributed by atoms with E-state index in [2.05, 4.69) is 0 Å². The molecule has 15 heavy (non-hydrogen) atoms. The minimum Gasteiger partial charge on any atom is -0.341 e. The van der Waals surface area contributed by atoms with Gasteiger partial charge in [-0.15, -0.1) is 0 Å². The Kier molecular flexibility index (Phi) is 4.06. The first kappa shape index (κ1) is 12.8. The summed E-state index contributed by atoms with van der Waals surface area (Å²) in [5, 5.41) is 0. The Bertz CT molecular complexity index is 231. The van der Waals surface area contributed by atoms with Crippen molar-refractivity contribution in [2.24, 2.45) is 11.1 Å². The number of rotatable bonds is 2. The van der Waals surface area contributed by atoms with Gasteiger partial charge >= 0.3 is 0 Å². The molecule has 4 heteroatoms.